The SMILES string of the molecule is Cc1ccc(F)c(CNC2CCC(=O)NC2=O)c1. The number of benzene rings is 1. The molecule has 5 heteroatoms. The van der Waals surface area contributed by atoms with Crippen molar-refractivity contribution in [3.05, 3.63) is 35.1 Å². The number of carbonyl (C=O) groups excluding carboxylic acids is 2. The number of rotatable bonds is 3. The van der Waals surface area contributed by atoms with Gasteiger partial charge in [0.15, 0.2) is 0 Å². The monoisotopic (exact) mass is 250 g/mol. The average Bonchev–Trinajstić information content (AvgIpc) is 2.32. The number of hydrogen-bond donors (Lipinski definition) is 2. The summed E-state index contributed by atoms with van der Waals surface area (Å²) in [5, 5.41) is 5.23. The van der Waals surface area contributed by atoms with Gasteiger partial charge in [0.2, 0.25) is 11.8 Å². The number of imide groups is 1. The third kappa shape index (κ3) is 2.92. The molecule has 1 unspecified atom stereocenters. The number of nitrogens with one attached hydrogen (secondary N) is 2. The first-order chi connectivity index (χ1) is 8.56. The van der Waals surface area contributed by atoms with Crippen LogP contribution in [0.4, 0.5) is 4.39 Å². The summed E-state index contributed by atoms with van der Waals surface area (Å²) in [6, 6.07) is 4.43. The maximum atomic E-state index is 13.5. The van der Waals surface area contributed by atoms with Gasteiger partial charge in [-0.05, 0) is 19.4 Å². The van der Waals surface area contributed by atoms with Gasteiger partial charge in [0.05, 0.1) is 6.04 Å². The number of aryl methyl sites for hydroxylation is 1. The Balaban J connectivity index is 1.97. The topological polar surface area (TPSA) is 58.2 Å². The quantitative estimate of drug-likeness (QED) is 0.788. The van der Waals surface area contributed by atoms with Crippen molar-refractivity contribution in [2.45, 2.75) is 32.4 Å². The number of carbonyl (C=O) groups is 2. The zero-order chi connectivity index (χ0) is 13.1. The molecule has 1 atom stereocenters. The third-order valence-corrected chi connectivity index (χ3v) is 2.98. The van der Waals surface area contributed by atoms with Crippen LogP contribution < -0.4 is 10.6 Å². The lowest BCUT2D eigenvalue weighted by Crippen LogP contribution is -2.50. The fourth-order valence-corrected chi connectivity index (χ4v) is 1.96. The first-order valence-corrected chi connectivity index (χ1v) is 5.88. The maximum absolute atomic E-state index is 13.5. The van der Waals surface area contributed by atoms with E-state index in [-0.39, 0.29) is 24.2 Å². The predicted octanol–water partition coefficient (Wildman–Crippen LogP) is 1.03. The largest absolute Gasteiger partial charge is 0.302 e. The molecule has 0 spiro atoms. The molecule has 96 valence electrons. The van der Waals surface area contributed by atoms with Crippen molar-refractivity contribution in [3.8, 4) is 0 Å². The molecule has 1 fully saturated rings. The zero-order valence-electron chi connectivity index (χ0n) is 10.1. The first kappa shape index (κ1) is 12.7. The van der Waals surface area contributed by atoms with Crippen LogP contribution in [-0.2, 0) is 16.1 Å². The summed E-state index contributed by atoms with van der Waals surface area (Å²) in [6.45, 7) is 2.16. The van der Waals surface area contributed by atoms with E-state index in [9.17, 15) is 14.0 Å². The molecule has 4 nitrogen and oxygen atoms in total. The third-order valence-electron chi connectivity index (χ3n) is 2.98. The van der Waals surface area contributed by atoms with Crippen molar-refractivity contribution in [1.82, 2.24) is 10.6 Å². The smallest absolute Gasteiger partial charge is 0.243 e. The van der Waals surface area contributed by atoms with E-state index in [0.717, 1.165) is 5.56 Å². The fraction of sp³-hybridized carbons (Fsp3) is 0.385. The second kappa shape index (κ2) is 5.27. The first-order valence-electron chi connectivity index (χ1n) is 5.88. The molecule has 2 amide bonds. The minimum atomic E-state index is -0.428. The van der Waals surface area contributed by atoms with Crippen LogP contribution in [0.2, 0.25) is 0 Å². The molecule has 0 saturated carbocycles. The van der Waals surface area contributed by atoms with Crippen molar-refractivity contribution in [2.24, 2.45) is 0 Å². The van der Waals surface area contributed by atoms with Gasteiger partial charge in [-0.3, -0.25) is 14.9 Å². The Bertz CT molecular complexity index is 488. The number of amides is 2. The summed E-state index contributed by atoms with van der Waals surface area (Å²) in [5.41, 5.74) is 1.50. The lowest BCUT2D eigenvalue weighted by molar-refractivity contribution is -0.134. The van der Waals surface area contributed by atoms with Crippen molar-refractivity contribution in [2.75, 3.05) is 0 Å². The molecule has 1 heterocycles. The maximum Gasteiger partial charge on any atom is 0.243 e. The molecule has 2 N–H and O–H groups in total. The van der Waals surface area contributed by atoms with Crippen LogP contribution in [0, 0.1) is 12.7 Å². The van der Waals surface area contributed by atoms with Crippen LogP contribution in [0.15, 0.2) is 18.2 Å². The van der Waals surface area contributed by atoms with Gasteiger partial charge in [0.1, 0.15) is 5.82 Å². The highest BCUT2D eigenvalue weighted by molar-refractivity contribution is 6.00. The Kier molecular flexibility index (Phi) is 3.72. The van der Waals surface area contributed by atoms with Gasteiger partial charge < -0.3 is 5.32 Å². The molecule has 2 rings (SSSR count). The molecule has 0 aliphatic carbocycles. The molecule has 1 aromatic rings. The van der Waals surface area contributed by atoms with E-state index >= 15 is 0 Å². The molecule has 1 aromatic carbocycles. The fourth-order valence-electron chi connectivity index (χ4n) is 1.96. The zero-order valence-corrected chi connectivity index (χ0v) is 10.1. The van der Waals surface area contributed by atoms with E-state index in [4.69, 9.17) is 0 Å². The highest BCUT2D eigenvalue weighted by Crippen LogP contribution is 2.11. The van der Waals surface area contributed by atoms with E-state index in [1.807, 2.05) is 6.92 Å². The average molecular weight is 250 g/mol. The highest BCUT2D eigenvalue weighted by Gasteiger charge is 2.25. The van der Waals surface area contributed by atoms with E-state index in [0.29, 0.717) is 18.4 Å². The summed E-state index contributed by atoms with van der Waals surface area (Å²) < 4.78 is 13.5. The minimum absolute atomic E-state index is 0.250. The van der Waals surface area contributed by atoms with Crippen LogP contribution in [0.3, 0.4) is 0 Å². The molecular formula is C13H15FN2O2. The van der Waals surface area contributed by atoms with E-state index in [1.54, 1.807) is 12.1 Å². The van der Waals surface area contributed by atoms with Crippen molar-refractivity contribution < 1.29 is 14.0 Å². The van der Waals surface area contributed by atoms with Gasteiger partial charge in [-0.15, -0.1) is 0 Å². The lowest BCUT2D eigenvalue weighted by atomic mass is 10.1. The number of hydrogen-bond acceptors (Lipinski definition) is 3. The van der Waals surface area contributed by atoms with Crippen molar-refractivity contribution >= 4 is 11.8 Å². The Morgan fingerprint density at radius 3 is 2.94 bits per heavy atom. The van der Waals surface area contributed by atoms with Crippen LogP contribution >= 0.6 is 0 Å². The molecule has 1 aliphatic heterocycles. The van der Waals surface area contributed by atoms with Crippen LogP contribution in [-0.4, -0.2) is 17.9 Å². The Morgan fingerprint density at radius 2 is 2.22 bits per heavy atom. The van der Waals surface area contributed by atoms with Gasteiger partial charge >= 0.3 is 0 Å². The summed E-state index contributed by atoms with van der Waals surface area (Å²) in [4.78, 5) is 22.5. The standard InChI is InChI=1S/C13H15FN2O2/c1-8-2-3-10(14)9(6-8)7-15-11-4-5-12(17)16-13(11)18/h2-3,6,11,15H,4-5,7H2,1H3,(H,16,17,18). The van der Waals surface area contributed by atoms with Gasteiger partial charge in [-0.25, -0.2) is 4.39 Å². The van der Waals surface area contributed by atoms with Crippen LogP contribution in [0.5, 0.6) is 0 Å². The molecular weight excluding hydrogens is 235 g/mol. The lowest BCUT2D eigenvalue weighted by Gasteiger charge is -2.22. The summed E-state index contributed by atoms with van der Waals surface area (Å²) in [5.74, 6) is -0.875. The van der Waals surface area contributed by atoms with Crippen LogP contribution in [0.1, 0.15) is 24.0 Å². The van der Waals surface area contributed by atoms with E-state index < -0.39 is 6.04 Å². The number of piperidine rings is 1. The minimum Gasteiger partial charge on any atom is -0.302 e. The van der Waals surface area contributed by atoms with Gasteiger partial charge in [-0.2, -0.15) is 0 Å². The molecule has 0 bridgehead atoms. The molecule has 1 aliphatic rings. The summed E-state index contributed by atoms with van der Waals surface area (Å²) in [7, 11) is 0. The summed E-state index contributed by atoms with van der Waals surface area (Å²) in [6.07, 6.45) is 0.776. The van der Waals surface area contributed by atoms with Gasteiger partial charge in [-0.1, -0.05) is 17.7 Å². The Labute approximate surface area is 105 Å². The highest BCUT2D eigenvalue weighted by atomic mass is 19.1. The van der Waals surface area contributed by atoms with Gasteiger partial charge in [0.25, 0.3) is 0 Å². The molecule has 1 saturated heterocycles. The molecule has 0 radical (unpaired) electrons. The van der Waals surface area contributed by atoms with Crippen molar-refractivity contribution in [3.63, 3.8) is 0 Å². The second-order valence-corrected chi connectivity index (χ2v) is 4.48. The normalized spacial score (nSPS) is 19.8. The predicted molar refractivity (Wildman–Crippen MR) is 64.1 cm³/mol. The van der Waals surface area contributed by atoms with Gasteiger partial charge in [0, 0.05) is 18.5 Å². The van der Waals surface area contributed by atoms with E-state index in [2.05, 4.69) is 10.6 Å². The Morgan fingerprint density at radius 1 is 1.44 bits per heavy atom. The van der Waals surface area contributed by atoms with Crippen LogP contribution in [0.25, 0.3) is 0 Å². The summed E-state index contributed by atoms with van der Waals surface area (Å²) >= 11 is 0. The number of halogens is 1. The Hall–Kier alpha value is -1.75. The second-order valence-electron chi connectivity index (χ2n) is 4.48. The molecule has 0 aromatic heterocycles. The van der Waals surface area contributed by atoms with Crippen molar-refractivity contribution in [1.29, 1.82) is 0 Å². The van der Waals surface area contributed by atoms with E-state index in [1.165, 1.54) is 6.07 Å². The molecule has 18 heavy (non-hydrogen) atoms.